The fraction of sp³-hybridized carbons (Fsp3) is 0.818. The first-order valence-electron chi connectivity index (χ1n) is 43.3. The second-order valence-electron chi connectivity index (χ2n) is 33.0. The molecule has 0 bridgehead atoms. The molecule has 0 aromatic rings. The monoisotopic (exact) mass is 1770 g/mol. The molecule has 0 aliphatic heterocycles. The number of esters is 10. The van der Waals surface area contributed by atoms with Gasteiger partial charge in [0.2, 0.25) is 13.6 Å². The van der Waals surface area contributed by atoms with Crippen LogP contribution in [0.15, 0.2) is 36.5 Å². The van der Waals surface area contributed by atoms with E-state index in [1.807, 2.05) is 56.4 Å². The summed E-state index contributed by atoms with van der Waals surface area (Å²) in [4.78, 5) is 120. The number of nitrogens with zero attached hydrogens (tertiary/aromatic N) is 4. The Bertz CT molecular complexity index is 2670. The highest BCUT2D eigenvalue weighted by Gasteiger charge is 2.28. The maximum atomic E-state index is 12.8. The molecule has 1 unspecified atom stereocenters. The summed E-state index contributed by atoms with van der Waals surface area (Å²) in [6.45, 7) is 15.5. The number of unbranched alkanes of at least 4 members (excludes halogenated alkanes) is 24. The van der Waals surface area contributed by atoms with Gasteiger partial charge in [-0.2, -0.15) is 0 Å². The third-order valence-corrected chi connectivity index (χ3v) is 19.2. The standard InChI is InChI=1S/C53H98N2O12.C35H64N2O10.4ClH/c1-9-11-13-27-33-48(66-52(60)43-54(5,6)39-41-62-46(3)56)35-29-23-19-15-17-21-25-31-37-50(58)64-45-65-51(59)38-32-26-22-18-16-20-24-30-36-49(34-28-14-12-10-2)67-53(61)44-55(7,8)40-42-63-47(4)57;1-8-9-10-17-20-32(47-35(42)28-37(6,7)24-26-44-31(3)39)21-18-15-13-11-12-14-16-19-22-33(40)45-29-46-34(41)27-36(4,5)23-25-43-30(2)38;;;;/h23-24,29-30,46,48-49,56H,9-22,25-28,31-45H2,1-8H3;15,18,32H,8-14,16-17,19-29H2,1-7H3;4*1H/q2*+2;;;;/p-4/b29-23-,30-24-;18-15-;;;;/t46?,48-,49+;32-;;;;/m11..../s1. The minimum Gasteiger partial charge on any atom is -1.00 e. The zero-order valence-electron chi connectivity index (χ0n) is 75.6. The van der Waals surface area contributed by atoms with Crippen LogP contribution < -0.4 is 49.6 Å². The highest BCUT2D eigenvalue weighted by atomic mass is 35.5. The molecule has 0 amide bonds. The lowest BCUT2D eigenvalue weighted by Crippen LogP contribution is -3.00. The van der Waals surface area contributed by atoms with Gasteiger partial charge >= 0.3 is 59.7 Å². The fourth-order valence-corrected chi connectivity index (χ4v) is 12.1. The van der Waals surface area contributed by atoms with Gasteiger partial charge in [-0.3, -0.25) is 28.8 Å². The predicted octanol–water partition coefficient (Wildman–Crippen LogP) is 3.10. The summed E-state index contributed by atoms with van der Waals surface area (Å²) in [7, 11) is 15.3. The average molecular weight is 1770 g/mol. The van der Waals surface area contributed by atoms with E-state index in [1.165, 1.54) is 40.0 Å². The summed E-state index contributed by atoms with van der Waals surface area (Å²) in [5.41, 5.74) is 0. The van der Waals surface area contributed by atoms with Gasteiger partial charge in [0.25, 0.3) is 0 Å². The lowest BCUT2D eigenvalue weighted by Gasteiger charge is -2.29. The number of rotatable bonds is 73. The Morgan fingerprint density at radius 3 is 0.797 bits per heavy atom. The van der Waals surface area contributed by atoms with Gasteiger partial charge in [0.05, 0.1) is 63.0 Å². The Balaban J connectivity index is -0.000000544. The molecule has 0 fully saturated rings. The molecule has 26 nitrogen and oxygen atoms in total. The third-order valence-electron chi connectivity index (χ3n) is 19.2. The smallest absolute Gasteiger partial charge is 0.364 e. The number of hydrogen-bond donors (Lipinski definition) is 1. The fourth-order valence-electron chi connectivity index (χ4n) is 12.1. The van der Waals surface area contributed by atoms with Gasteiger partial charge in [0.15, 0.2) is 32.5 Å². The van der Waals surface area contributed by atoms with Gasteiger partial charge in [0.1, 0.15) is 64.3 Å². The van der Waals surface area contributed by atoms with E-state index in [0.717, 1.165) is 186 Å². The molecule has 0 aromatic carbocycles. The molecular formula is C88H162Cl4N4O22. The first-order valence-corrected chi connectivity index (χ1v) is 43.3. The topological polar surface area (TPSA) is 292 Å². The zero-order chi connectivity index (χ0) is 85.6. The third kappa shape index (κ3) is 87.2. The van der Waals surface area contributed by atoms with E-state index in [4.69, 9.17) is 52.1 Å². The van der Waals surface area contributed by atoms with E-state index in [2.05, 4.69) is 57.2 Å². The number of halogens is 4. The van der Waals surface area contributed by atoms with Crippen LogP contribution in [0, 0.1) is 0 Å². The summed E-state index contributed by atoms with van der Waals surface area (Å²) >= 11 is 0. The first kappa shape index (κ1) is 124. The van der Waals surface area contributed by atoms with Crippen molar-refractivity contribution in [2.45, 2.75) is 323 Å². The number of carbonyl (C=O) groups excluding carboxylic acids is 10. The number of ether oxygens (including phenoxy) is 11. The molecule has 0 spiro atoms. The maximum Gasteiger partial charge on any atom is 0.364 e. The molecule has 0 saturated carbocycles. The van der Waals surface area contributed by atoms with Crippen LogP contribution >= 0.6 is 0 Å². The van der Waals surface area contributed by atoms with Gasteiger partial charge in [0, 0.05) is 59.3 Å². The highest BCUT2D eigenvalue weighted by Crippen LogP contribution is 2.20. The van der Waals surface area contributed by atoms with Crippen LogP contribution in [0.5, 0.6) is 0 Å². The molecule has 0 radical (unpaired) electrons. The van der Waals surface area contributed by atoms with Crippen molar-refractivity contribution < 1.29 is 173 Å². The van der Waals surface area contributed by atoms with Crippen molar-refractivity contribution in [1.29, 1.82) is 0 Å². The van der Waals surface area contributed by atoms with E-state index in [-0.39, 0.29) is 179 Å². The SMILES string of the molecule is CCCCCC[C@@H](C/C=C\CCCCCCCC(=O)OCOC(=O)CCCCCCC/C=C\C[C@@H](CCCCCC)OC(=O)C[N+](C)(C)CCOC(C)O)OC(=O)C[N+](C)(C)CCOC(C)=O.CCCCCC[C@H](C/C=C\CCCCCCCC(=O)OCOC(=O)C[N+](C)(C)CCOC(C)=O)OC(=O)C[N+](C)(C)CCOC(C)=O.[Cl-].[Cl-].[Cl-].[Cl-]. The van der Waals surface area contributed by atoms with Crippen LogP contribution in [0.25, 0.3) is 0 Å². The second-order valence-corrected chi connectivity index (χ2v) is 33.0. The van der Waals surface area contributed by atoms with E-state index < -0.39 is 25.0 Å². The lowest BCUT2D eigenvalue weighted by molar-refractivity contribution is -0.883. The molecule has 118 heavy (non-hydrogen) atoms. The number of aliphatic hydroxyl groups is 1. The number of quaternary nitrogens is 4. The molecule has 0 saturated heterocycles. The Labute approximate surface area is 737 Å². The molecule has 0 heterocycles. The molecule has 4 atom stereocenters. The number of carbonyl (C=O) groups is 10. The van der Waals surface area contributed by atoms with Crippen molar-refractivity contribution in [3.63, 3.8) is 0 Å². The summed E-state index contributed by atoms with van der Waals surface area (Å²) in [6.07, 6.45) is 47.9. The largest absolute Gasteiger partial charge is 1.00 e. The van der Waals surface area contributed by atoms with Crippen molar-refractivity contribution in [3.05, 3.63) is 36.5 Å². The van der Waals surface area contributed by atoms with Crippen molar-refractivity contribution in [1.82, 2.24) is 0 Å². The number of hydrogen-bond acceptors (Lipinski definition) is 22. The van der Waals surface area contributed by atoms with E-state index in [0.29, 0.717) is 84.8 Å². The van der Waals surface area contributed by atoms with Gasteiger partial charge in [-0.15, -0.1) is 0 Å². The maximum absolute atomic E-state index is 12.8. The van der Waals surface area contributed by atoms with Gasteiger partial charge in [-0.25, -0.2) is 19.2 Å². The molecule has 0 aliphatic rings. The van der Waals surface area contributed by atoms with Crippen LogP contribution in [-0.2, 0) is 100 Å². The number of aliphatic hydroxyl groups excluding tert-OH is 1. The summed E-state index contributed by atoms with van der Waals surface area (Å²) in [6, 6.07) is 0. The predicted molar refractivity (Wildman–Crippen MR) is 443 cm³/mol. The van der Waals surface area contributed by atoms with E-state index in [9.17, 15) is 53.1 Å². The average Bonchev–Trinajstić information content (AvgIpc) is 0.916. The minimum absolute atomic E-state index is 0. The molecule has 1 N–H and O–H groups in total. The van der Waals surface area contributed by atoms with Gasteiger partial charge in [-0.1, -0.05) is 173 Å². The number of allylic oxidation sites excluding steroid dienone is 3. The van der Waals surface area contributed by atoms with Gasteiger partial charge in [-0.05, 0) is 103 Å². The zero-order valence-corrected chi connectivity index (χ0v) is 78.6. The molecular weight excluding hydrogens is 1610 g/mol. The molecule has 694 valence electrons. The Morgan fingerprint density at radius 1 is 0.297 bits per heavy atom. The Morgan fingerprint density at radius 2 is 0.534 bits per heavy atom. The second kappa shape index (κ2) is 80.3. The Hall–Kier alpha value is -5.16. The van der Waals surface area contributed by atoms with Crippen LogP contribution in [0.2, 0.25) is 0 Å². The minimum atomic E-state index is -0.822. The van der Waals surface area contributed by atoms with Crippen LogP contribution in [0.1, 0.15) is 299 Å². The van der Waals surface area contributed by atoms with Crippen LogP contribution in [0.4, 0.5) is 0 Å². The molecule has 30 heteroatoms. The molecule has 0 rings (SSSR count). The van der Waals surface area contributed by atoms with E-state index >= 15 is 0 Å². The summed E-state index contributed by atoms with van der Waals surface area (Å²) in [5, 5.41) is 9.34. The van der Waals surface area contributed by atoms with Gasteiger partial charge < -0.3 is 125 Å². The normalized spacial score (nSPS) is 12.5. The van der Waals surface area contributed by atoms with E-state index in [1.54, 1.807) is 6.92 Å². The number of likely N-dealkylation sites (N-methyl/N-ethyl adjacent to an activating group) is 4. The molecule has 0 aromatic heterocycles. The van der Waals surface area contributed by atoms with Crippen molar-refractivity contribution in [2.24, 2.45) is 0 Å². The van der Waals surface area contributed by atoms with Crippen molar-refractivity contribution in [3.8, 4) is 0 Å². The lowest BCUT2D eigenvalue weighted by atomic mass is 10.1. The van der Waals surface area contributed by atoms with Crippen molar-refractivity contribution >= 4 is 59.7 Å². The van der Waals surface area contributed by atoms with Crippen LogP contribution in [-0.4, -0.2) is 256 Å². The summed E-state index contributed by atoms with van der Waals surface area (Å²) in [5.74, 6) is -3.26. The summed E-state index contributed by atoms with van der Waals surface area (Å²) < 4.78 is 59.7. The van der Waals surface area contributed by atoms with Crippen LogP contribution in [0.3, 0.4) is 0 Å². The Kier molecular flexibility index (Phi) is 84.1. The van der Waals surface area contributed by atoms with Crippen molar-refractivity contribution in [2.75, 3.05) is 149 Å². The quantitative estimate of drug-likeness (QED) is 0.0228. The molecule has 0 aliphatic carbocycles. The highest BCUT2D eigenvalue weighted by molar-refractivity contribution is 5.73. The first-order chi connectivity index (χ1) is 54.1.